The van der Waals surface area contributed by atoms with Crippen LogP contribution in [0.2, 0.25) is 5.02 Å². The molecule has 0 bridgehead atoms. The fourth-order valence-corrected chi connectivity index (χ4v) is 4.26. The molecule has 0 aromatic heterocycles. The molecule has 1 aliphatic rings. The van der Waals surface area contributed by atoms with E-state index in [1.165, 1.54) is 0 Å². The highest BCUT2D eigenvalue weighted by Crippen LogP contribution is 2.28. The molecule has 0 aliphatic carbocycles. The van der Waals surface area contributed by atoms with Crippen molar-refractivity contribution in [2.24, 2.45) is 10.2 Å². The fourth-order valence-electron chi connectivity index (χ4n) is 2.69. The number of hydrogen-bond acceptors (Lipinski definition) is 4. The fraction of sp³-hybridized carbons (Fsp3) is 0.235. The third-order valence-corrected chi connectivity index (χ3v) is 6.05. The molecule has 0 saturated carbocycles. The van der Waals surface area contributed by atoms with Crippen molar-refractivity contribution in [1.82, 2.24) is 4.41 Å². The Labute approximate surface area is 156 Å². The number of azide groups is 1. The largest absolute Gasteiger partial charge is 0.279 e. The lowest BCUT2D eigenvalue weighted by Crippen LogP contribution is -2.34. The quantitative estimate of drug-likeness (QED) is 0.436. The van der Waals surface area contributed by atoms with E-state index in [2.05, 4.69) is 15.1 Å². The van der Waals surface area contributed by atoms with Crippen LogP contribution in [0, 0.1) is 6.92 Å². The van der Waals surface area contributed by atoms with Gasteiger partial charge in [-0.05, 0) is 42.3 Å². The van der Waals surface area contributed by atoms with E-state index in [0.717, 1.165) is 15.5 Å². The number of hydrazone groups is 1. The van der Waals surface area contributed by atoms with Crippen molar-refractivity contribution in [3.63, 3.8) is 0 Å². The van der Waals surface area contributed by atoms with Gasteiger partial charge < -0.3 is 0 Å². The molecule has 3 rings (SSSR count). The minimum absolute atomic E-state index is 0.00216. The summed E-state index contributed by atoms with van der Waals surface area (Å²) < 4.78 is 27.1. The van der Waals surface area contributed by atoms with Gasteiger partial charge in [0.05, 0.1) is 16.6 Å². The Morgan fingerprint density at radius 3 is 2.50 bits per heavy atom. The summed E-state index contributed by atoms with van der Waals surface area (Å²) in [6, 6.07) is 13.0. The van der Waals surface area contributed by atoms with E-state index in [1.54, 1.807) is 48.5 Å². The average Bonchev–Trinajstić information content (AvgIpc) is 3.06. The molecule has 9 heteroatoms. The molecular formula is C17H16ClN5O2S. The van der Waals surface area contributed by atoms with Gasteiger partial charge in [0.1, 0.15) is 0 Å². The Balaban J connectivity index is 2.00. The molecule has 26 heavy (non-hydrogen) atoms. The molecule has 0 amide bonds. The molecule has 0 saturated heterocycles. The van der Waals surface area contributed by atoms with Crippen LogP contribution in [0.5, 0.6) is 0 Å². The summed E-state index contributed by atoms with van der Waals surface area (Å²) in [7, 11) is -3.85. The number of halogens is 1. The van der Waals surface area contributed by atoms with Crippen molar-refractivity contribution in [1.29, 1.82) is 0 Å². The van der Waals surface area contributed by atoms with Crippen LogP contribution in [0.25, 0.3) is 10.4 Å². The normalized spacial score (nSPS) is 16.9. The van der Waals surface area contributed by atoms with Crippen molar-refractivity contribution in [2.75, 3.05) is 6.54 Å². The maximum absolute atomic E-state index is 13.0. The van der Waals surface area contributed by atoms with Gasteiger partial charge in [-0.1, -0.05) is 46.5 Å². The van der Waals surface area contributed by atoms with Gasteiger partial charge in [-0.15, -0.1) is 0 Å². The van der Waals surface area contributed by atoms with Crippen LogP contribution in [0.4, 0.5) is 0 Å². The van der Waals surface area contributed by atoms with Crippen LogP contribution in [-0.4, -0.2) is 31.1 Å². The van der Waals surface area contributed by atoms with Crippen LogP contribution in [-0.2, 0) is 10.0 Å². The molecule has 7 nitrogen and oxygen atoms in total. The van der Waals surface area contributed by atoms with E-state index in [4.69, 9.17) is 17.1 Å². The molecule has 134 valence electrons. The summed E-state index contributed by atoms with van der Waals surface area (Å²) in [5.74, 6) is 0. The number of benzene rings is 2. The first kappa shape index (κ1) is 18.3. The Hall–Kier alpha value is -2.54. The first-order chi connectivity index (χ1) is 12.4. The Bertz CT molecular complexity index is 981. The highest BCUT2D eigenvalue weighted by molar-refractivity contribution is 7.89. The Morgan fingerprint density at radius 1 is 1.23 bits per heavy atom. The van der Waals surface area contributed by atoms with Crippen LogP contribution in [0.1, 0.15) is 17.5 Å². The van der Waals surface area contributed by atoms with Gasteiger partial charge in [0.2, 0.25) is 0 Å². The molecule has 0 spiro atoms. The van der Waals surface area contributed by atoms with E-state index >= 15 is 0 Å². The van der Waals surface area contributed by atoms with Crippen LogP contribution in [0.15, 0.2) is 63.6 Å². The summed E-state index contributed by atoms with van der Waals surface area (Å²) >= 11 is 5.91. The van der Waals surface area contributed by atoms with Gasteiger partial charge in [0.25, 0.3) is 10.0 Å². The van der Waals surface area contributed by atoms with Gasteiger partial charge >= 0.3 is 0 Å². The maximum atomic E-state index is 13.0. The number of nitrogens with zero attached hydrogens (tertiary/aromatic N) is 5. The van der Waals surface area contributed by atoms with Gasteiger partial charge in [0, 0.05) is 22.9 Å². The zero-order valence-electron chi connectivity index (χ0n) is 13.9. The van der Waals surface area contributed by atoms with Crippen LogP contribution >= 0.6 is 11.6 Å². The molecule has 0 radical (unpaired) electrons. The van der Waals surface area contributed by atoms with E-state index in [1.807, 2.05) is 6.92 Å². The van der Waals surface area contributed by atoms with Crippen LogP contribution < -0.4 is 0 Å². The third kappa shape index (κ3) is 3.67. The van der Waals surface area contributed by atoms with E-state index in [0.29, 0.717) is 17.2 Å². The second-order valence-corrected chi connectivity index (χ2v) is 8.15. The smallest absolute Gasteiger partial charge is 0.200 e. The van der Waals surface area contributed by atoms with Gasteiger partial charge in [-0.3, -0.25) is 0 Å². The lowest BCUT2D eigenvalue weighted by Gasteiger charge is -2.21. The number of aryl methyl sites for hydroxylation is 1. The van der Waals surface area contributed by atoms with Gasteiger partial charge in [0.15, 0.2) is 0 Å². The van der Waals surface area contributed by atoms with Crippen molar-refractivity contribution >= 4 is 27.3 Å². The Morgan fingerprint density at radius 2 is 1.88 bits per heavy atom. The molecule has 2 aromatic rings. The van der Waals surface area contributed by atoms with E-state index in [9.17, 15) is 8.42 Å². The lowest BCUT2D eigenvalue weighted by molar-refractivity contribution is 0.368. The monoisotopic (exact) mass is 389 g/mol. The molecule has 0 N–H and O–H groups in total. The molecule has 1 heterocycles. The number of hydrogen-bond donors (Lipinski definition) is 0. The summed E-state index contributed by atoms with van der Waals surface area (Å²) in [5, 5.41) is 8.46. The maximum Gasteiger partial charge on any atom is 0.279 e. The first-order valence-corrected chi connectivity index (χ1v) is 9.69. The molecule has 1 aliphatic heterocycles. The van der Waals surface area contributed by atoms with E-state index < -0.39 is 16.1 Å². The summed E-state index contributed by atoms with van der Waals surface area (Å²) in [5.41, 5.74) is 11.0. The summed E-state index contributed by atoms with van der Waals surface area (Å²) in [6.45, 7) is 1.88. The van der Waals surface area contributed by atoms with Crippen molar-refractivity contribution in [3.05, 3.63) is 75.1 Å². The standard InChI is InChI=1S/C17H16ClN5O2S/c1-12-2-8-16(9-3-12)26(24,25)23-15(11-20-22-19)10-17(21-23)13-4-6-14(18)7-5-13/h2-9,15H,10-11H2,1H3. The van der Waals surface area contributed by atoms with Gasteiger partial charge in [-0.2, -0.15) is 17.9 Å². The predicted molar refractivity (Wildman–Crippen MR) is 101 cm³/mol. The molecular weight excluding hydrogens is 374 g/mol. The zero-order valence-corrected chi connectivity index (χ0v) is 15.5. The topological polar surface area (TPSA) is 98.5 Å². The van der Waals surface area contributed by atoms with Crippen molar-refractivity contribution < 1.29 is 8.42 Å². The summed E-state index contributed by atoms with van der Waals surface area (Å²) in [4.78, 5) is 2.89. The SMILES string of the molecule is Cc1ccc(S(=O)(=O)N2N=C(c3ccc(Cl)cc3)CC2CN=[N+]=[N-])cc1. The number of sulfonamides is 1. The molecule has 0 fully saturated rings. The van der Waals surface area contributed by atoms with Crippen molar-refractivity contribution in [3.8, 4) is 0 Å². The first-order valence-electron chi connectivity index (χ1n) is 7.87. The molecule has 1 unspecified atom stereocenters. The van der Waals surface area contributed by atoms with Crippen molar-refractivity contribution in [2.45, 2.75) is 24.3 Å². The Kier molecular flexibility index (Phi) is 5.18. The third-order valence-electron chi connectivity index (χ3n) is 4.06. The highest BCUT2D eigenvalue weighted by Gasteiger charge is 2.36. The molecule has 1 atom stereocenters. The average molecular weight is 390 g/mol. The number of rotatable bonds is 5. The lowest BCUT2D eigenvalue weighted by atomic mass is 10.0. The zero-order chi connectivity index (χ0) is 18.7. The second-order valence-electron chi connectivity index (χ2n) is 5.92. The van der Waals surface area contributed by atoms with Gasteiger partial charge in [-0.25, -0.2) is 0 Å². The minimum atomic E-state index is -3.85. The van der Waals surface area contributed by atoms with Crippen LogP contribution in [0.3, 0.4) is 0 Å². The molecule has 2 aromatic carbocycles. The van der Waals surface area contributed by atoms with E-state index in [-0.39, 0.29) is 11.4 Å². The highest BCUT2D eigenvalue weighted by atomic mass is 35.5. The predicted octanol–water partition coefficient (Wildman–Crippen LogP) is 4.13. The minimum Gasteiger partial charge on any atom is -0.200 e. The second kappa shape index (κ2) is 7.37. The summed E-state index contributed by atoms with van der Waals surface area (Å²) in [6.07, 6.45) is 0.353.